The van der Waals surface area contributed by atoms with Gasteiger partial charge in [-0.25, -0.2) is 0 Å². The molecule has 0 aromatic carbocycles. The van der Waals surface area contributed by atoms with Gasteiger partial charge in [-0.2, -0.15) is 0 Å². The molecule has 1 heteroatoms. The summed E-state index contributed by atoms with van der Waals surface area (Å²) in [7, 11) is 0. The molecule has 2 unspecified atom stereocenters. The molecule has 3 aliphatic rings. The van der Waals surface area contributed by atoms with Crippen LogP contribution in [0.3, 0.4) is 0 Å². The third kappa shape index (κ3) is 4.16. The molecule has 0 heterocycles. The largest absolute Gasteiger partial charge is 0.0808 e. The van der Waals surface area contributed by atoms with Gasteiger partial charge in [0.05, 0.1) is 0 Å². The molecule has 0 bridgehead atoms. The molecule has 0 aromatic heterocycles. The van der Waals surface area contributed by atoms with Gasteiger partial charge in [-0.1, -0.05) is 62.8 Å². The van der Waals surface area contributed by atoms with E-state index in [4.69, 9.17) is 0 Å². The zero-order valence-electron chi connectivity index (χ0n) is 9.47. The van der Waals surface area contributed by atoms with Crippen LogP contribution in [0.4, 0.5) is 0 Å². The summed E-state index contributed by atoms with van der Waals surface area (Å²) in [5.74, 6) is 1.80. The van der Waals surface area contributed by atoms with Crippen molar-refractivity contribution in [3.8, 4) is 0 Å². The number of rotatable bonds is 0. The van der Waals surface area contributed by atoms with E-state index in [1.165, 1.54) is 51.4 Å². The summed E-state index contributed by atoms with van der Waals surface area (Å²) in [4.78, 5) is 0. The van der Waals surface area contributed by atoms with Crippen LogP contribution in [-0.2, 0) is 17.1 Å². The molecule has 0 amide bonds. The summed E-state index contributed by atoms with van der Waals surface area (Å²) in [6, 6.07) is 0. The SMILES string of the molecule is C1=CC2CCCC2C=C1.C1CCCC1.[Fe]. The summed E-state index contributed by atoms with van der Waals surface area (Å²) < 4.78 is 0. The summed E-state index contributed by atoms with van der Waals surface area (Å²) in [6.07, 6.45) is 20.9. The first kappa shape index (κ1) is 13.1. The molecular formula is C14H22Fe. The number of hydrogen-bond acceptors (Lipinski definition) is 0. The van der Waals surface area contributed by atoms with Gasteiger partial charge in [0.15, 0.2) is 0 Å². The van der Waals surface area contributed by atoms with Gasteiger partial charge in [0.25, 0.3) is 0 Å². The maximum absolute atomic E-state index is 2.36. The zero-order chi connectivity index (χ0) is 9.64. The molecule has 86 valence electrons. The van der Waals surface area contributed by atoms with Crippen molar-refractivity contribution in [2.45, 2.75) is 51.4 Å². The standard InChI is InChI=1S/C9H12.C5H10.Fe/c1-2-5-9-7-3-6-8(9)4-1;1-2-4-5-3-1;/h1-2,4-5,8-9H,3,6-7H2;1-5H2;. The van der Waals surface area contributed by atoms with E-state index in [1.54, 1.807) is 0 Å². The molecule has 0 spiro atoms. The fourth-order valence-electron chi connectivity index (χ4n) is 2.79. The minimum Gasteiger partial charge on any atom is -0.0808 e. The van der Waals surface area contributed by atoms with Crippen molar-refractivity contribution in [2.24, 2.45) is 11.8 Å². The molecule has 0 aliphatic heterocycles. The van der Waals surface area contributed by atoms with E-state index in [0.29, 0.717) is 0 Å². The molecule has 2 atom stereocenters. The Morgan fingerprint density at radius 2 is 1.00 bits per heavy atom. The van der Waals surface area contributed by atoms with Crippen molar-refractivity contribution in [1.82, 2.24) is 0 Å². The van der Waals surface area contributed by atoms with E-state index in [-0.39, 0.29) is 17.1 Å². The Kier molecular flexibility index (Phi) is 6.36. The normalized spacial score (nSPS) is 31.5. The van der Waals surface area contributed by atoms with E-state index in [0.717, 1.165) is 11.8 Å². The number of allylic oxidation sites excluding steroid dienone is 4. The molecule has 2 saturated carbocycles. The summed E-state index contributed by atoms with van der Waals surface area (Å²) in [5, 5.41) is 0. The summed E-state index contributed by atoms with van der Waals surface area (Å²) >= 11 is 0. The van der Waals surface area contributed by atoms with Crippen LogP contribution in [0.25, 0.3) is 0 Å². The van der Waals surface area contributed by atoms with Crippen LogP contribution in [-0.4, -0.2) is 0 Å². The van der Waals surface area contributed by atoms with Gasteiger partial charge >= 0.3 is 0 Å². The topological polar surface area (TPSA) is 0 Å². The summed E-state index contributed by atoms with van der Waals surface area (Å²) in [6.45, 7) is 0. The van der Waals surface area contributed by atoms with Gasteiger partial charge in [-0.05, 0) is 24.7 Å². The van der Waals surface area contributed by atoms with Crippen LogP contribution in [0.5, 0.6) is 0 Å². The van der Waals surface area contributed by atoms with Crippen molar-refractivity contribution in [1.29, 1.82) is 0 Å². The predicted molar refractivity (Wildman–Crippen MR) is 62.2 cm³/mol. The Balaban J connectivity index is 0.000000162. The number of fused-ring (bicyclic) bond motifs is 1. The molecule has 2 fully saturated rings. The van der Waals surface area contributed by atoms with Crippen LogP contribution in [0.2, 0.25) is 0 Å². The van der Waals surface area contributed by atoms with Crippen LogP contribution in [0.1, 0.15) is 51.4 Å². The van der Waals surface area contributed by atoms with Crippen LogP contribution in [0, 0.1) is 11.8 Å². The van der Waals surface area contributed by atoms with Gasteiger partial charge in [0.2, 0.25) is 0 Å². The molecule has 0 aromatic rings. The Morgan fingerprint density at radius 1 is 0.600 bits per heavy atom. The monoisotopic (exact) mass is 246 g/mol. The van der Waals surface area contributed by atoms with Crippen LogP contribution in [0.15, 0.2) is 24.3 Å². The first-order valence-electron chi connectivity index (χ1n) is 6.32. The maximum atomic E-state index is 2.36. The van der Waals surface area contributed by atoms with Crippen molar-refractivity contribution >= 4 is 0 Å². The second kappa shape index (κ2) is 7.30. The predicted octanol–water partition coefficient (Wildman–Crippen LogP) is 4.48. The molecule has 3 aliphatic carbocycles. The Morgan fingerprint density at radius 3 is 1.40 bits per heavy atom. The van der Waals surface area contributed by atoms with Gasteiger partial charge < -0.3 is 0 Å². The molecule has 15 heavy (non-hydrogen) atoms. The molecule has 0 radical (unpaired) electrons. The first-order valence-corrected chi connectivity index (χ1v) is 6.32. The molecule has 0 nitrogen and oxygen atoms in total. The van der Waals surface area contributed by atoms with Crippen LogP contribution >= 0.6 is 0 Å². The van der Waals surface area contributed by atoms with Crippen molar-refractivity contribution in [3.63, 3.8) is 0 Å². The van der Waals surface area contributed by atoms with E-state index < -0.39 is 0 Å². The minimum absolute atomic E-state index is 0. The van der Waals surface area contributed by atoms with Crippen LogP contribution < -0.4 is 0 Å². The average Bonchev–Trinajstić information content (AvgIpc) is 2.92. The second-order valence-corrected chi connectivity index (χ2v) is 4.80. The van der Waals surface area contributed by atoms with Gasteiger partial charge in [0, 0.05) is 17.1 Å². The van der Waals surface area contributed by atoms with Gasteiger partial charge in [-0.3, -0.25) is 0 Å². The zero-order valence-corrected chi connectivity index (χ0v) is 10.6. The Labute approximate surface area is 105 Å². The maximum Gasteiger partial charge on any atom is 0 e. The quantitative estimate of drug-likeness (QED) is 0.553. The van der Waals surface area contributed by atoms with Gasteiger partial charge in [-0.15, -0.1) is 0 Å². The number of hydrogen-bond donors (Lipinski definition) is 0. The van der Waals surface area contributed by atoms with Gasteiger partial charge in [0.1, 0.15) is 0 Å². The van der Waals surface area contributed by atoms with E-state index in [9.17, 15) is 0 Å². The van der Waals surface area contributed by atoms with Crippen molar-refractivity contribution in [3.05, 3.63) is 24.3 Å². The van der Waals surface area contributed by atoms with Crippen molar-refractivity contribution < 1.29 is 17.1 Å². The fourth-order valence-corrected chi connectivity index (χ4v) is 2.79. The Bertz CT molecular complexity index is 188. The molecule has 3 rings (SSSR count). The van der Waals surface area contributed by atoms with E-state index in [2.05, 4.69) is 24.3 Å². The molecule has 0 N–H and O–H groups in total. The Hall–Kier alpha value is -0.000519. The third-order valence-electron chi connectivity index (χ3n) is 3.70. The summed E-state index contributed by atoms with van der Waals surface area (Å²) in [5.41, 5.74) is 0. The molecular weight excluding hydrogens is 224 g/mol. The second-order valence-electron chi connectivity index (χ2n) is 4.80. The minimum atomic E-state index is 0. The van der Waals surface area contributed by atoms with Crippen molar-refractivity contribution in [2.75, 3.05) is 0 Å². The molecule has 0 saturated heterocycles. The van der Waals surface area contributed by atoms with E-state index >= 15 is 0 Å². The first-order chi connectivity index (χ1) is 6.97. The fraction of sp³-hybridized carbons (Fsp3) is 0.714. The smallest absolute Gasteiger partial charge is 0 e. The van der Waals surface area contributed by atoms with E-state index in [1.807, 2.05) is 0 Å². The average molecular weight is 246 g/mol. The third-order valence-corrected chi connectivity index (χ3v) is 3.70.